The zero-order valence-corrected chi connectivity index (χ0v) is 15.6. The molecule has 3 rings (SSSR count). The lowest BCUT2D eigenvalue weighted by Crippen LogP contribution is -2.47. The lowest BCUT2D eigenvalue weighted by Gasteiger charge is -2.42. The number of rotatable bonds is 4. The minimum Gasteiger partial charge on any atom is -0.503 e. The first-order valence-corrected chi connectivity index (χ1v) is 9.17. The number of hydrogen-bond donors (Lipinski definition) is 3. The lowest BCUT2D eigenvalue weighted by molar-refractivity contribution is -0.0502. The third kappa shape index (κ3) is 4.09. The van der Waals surface area contributed by atoms with Gasteiger partial charge in [0.05, 0.1) is 11.7 Å². The van der Waals surface area contributed by atoms with Crippen molar-refractivity contribution in [1.29, 1.82) is 0 Å². The van der Waals surface area contributed by atoms with Crippen LogP contribution in [0, 0.1) is 11.6 Å². The molecular formula is C20H22ClF2NO3. The molecule has 7 heteroatoms. The molecule has 1 heterocycles. The van der Waals surface area contributed by atoms with Gasteiger partial charge in [0.15, 0.2) is 17.4 Å². The summed E-state index contributed by atoms with van der Waals surface area (Å²) in [6, 6.07) is 8.55. The van der Waals surface area contributed by atoms with Gasteiger partial charge < -0.3 is 15.3 Å². The quantitative estimate of drug-likeness (QED) is 0.735. The van der Waals surface area contributed by atoms with Crippen LogP contribution in [0.3, 0.4) is 0 Å². The van der Waals surface area contributed by atoms with Crippen LogP contribution in [0.1, 0.15) is 37.0 Å². The average Bonchev–Trinajstić information content (AvgIpc) is 2.65. The highest BCUT2D eigenvalue weighted by atomic mass is 35.5. The van der Waals surface area contributed by atoms with E-state index in [-0.39, 0.29) is 5.56 Å². The number of nitrogens with zero attached hydrogens (tertiary/aromatic N) is 1. The number of likely N-dealkylation sites (tertiary alicyclic amines) is 1. The first-order chi connectivity index (χ1) is 12.7. The van der Waals surface area contributed by atoms with E-state index in [4.69, 9.17) is 11.6 Å². The van der Waals surface area contributed by atoms with E-state index < -0.39 is 35.1 Å². The highest BCUT2D eigenvalue weighted by molar-refractivity contribution is 6.30. The molecule has 1 aliphatic heterocycles. The SMILES string of the molecule is CC(C(O)c1cc(F)c(O)c(F)c1)N1CCC(O)(c2ccc(Cl)cc2)CC1. The molecular weight excluding hydrogens is 376 g/mol. The van der Waals surface area contributed by atoms with Gasteiger partial charge in [-0.2, -0.15) is 0 Å². The predicted octanol–water partition coefficient (Wildman–Crippen LogP) is 3.73. The Morgan fingerprint density at radius 1 is 1.07 bits per heavy atom. The standard InChI is InChI=1S/C20H22ClF2NO3/c1-12(18(25)13-10-16(22)19(26)17(23)11-13)24-8-6-20(27,7-9-24)14-2-4-15(21)5-3-14/h2-5,10-12,18,25-27H,6-9H2,1H3. The summed E-state index contributed by atoms with van der Waals surface area (Å²) in [7, 11) is 0. The number of piperidine rings is 1. The van der Waals surface area contributed by atoms with Crippen LogP contribution in [0.15, 0.2) is 36.4 Å². The Hall–Kier alpha value is -1.73. The molecule has 0 aliphatic carbocycles. The number of aromatic hydroxyl groups is 1. The highest BCUT2D eigenvalue weighted by Gasteiger charge is 2.36. The number of aliphatic hydroxyl groups is 2. The van der Waals surface area contributed by atoms with Gasteiger partial charge in [-0.3, -0.25) is 4.90 Å². The molecule has 1 saturated heterocycles. The van der Waals surface area contributed by atoms with E-state index in [1.54, 1.807) is 31.2 Å². The van der Waals surface area contributed by atoms with Crippen LogP contribution in [0.25, 0.3) is 0 Å². The zero-order chi connectivity index (χ0) is 19.8. The largest absolute Gasteiger partial charge is 0.503 e. The Morgan fingerprint density at radius 3 is 2.11 bits per heavy atom. The van der Waals surface area contributed by atoms with Gasteiger partial charge >= 0.3 is 0 Å². The second-order valence-electron chi connectivity index (χ2n) is 7.09. The van der Waals surface area contributed by atoms with E-state index in [9.17, 15) is 24.1 Å². The minimum atomic E-state index is -1.13. The third-order valence-electron chi connectivity index (χ3n) is 5.42. The Morgan fingerprint density at radius 2 is 1.59 bits per heavy atom. The molecule has 27 heavy (non-hydrogen) atoms. The van der Waals surface area contributed by atoms with E-state index in [0.717, 1.165) is 17.7 Å². The Kier molecular flexibility index (Phi) is 5.72. The number of phenols is 1. The van der Waals surface area contributed by atoms with Crippen molar-refractivity contribution in [3.05, 3.63) is 64.2 Å². The van der Waals surface area contributed by atoms with Crippen LogP contribution in [0.2, 0.25) is 5.02 Å². The van der Waals surface area contributed by atoms with Crippen molar-refractivity contribution in [1.82, 2.24) is 4.90 Å². The van der Waals surface area contributed by atoms with Gasteiger partial charge in [0, 0.05) is 24.2 Å². The van der Waals surface area contributed by atoms with Crippen LogP contribution in [0.4, 0.5) is 8.78 Å². The molecule has 2 unspecified atom stereocenters. The summed E-state index contributed by atoms with van der Waals surface area (Å²) in [5, 5.41) is 31.3. The van der Waals surface area contributed by atoms with E-state index in [1.807, 2.05) is 4.90 Å². The molecule has 2 atom stereocenters. The van der Waals surface area contributed by atoms with Crippen molar-refractivity contribution < 1.29 is 24.1 Å². The summed E-state index contributed by atoms with van der Waals surface area (Å²) in [5.41, 5.74) is -0.112. The summed E-state index contributed by atoms with van der Waals surface area (Å²) in [5.74, 6) is -3.26. The van der Waals surface area contributed by atoms with Crippen molar-refractivity contribution in [2.24, 2.45) is 0 Å². The molecule has 0 aromatic heterocycles. The number of hydrogen-bond acceptors (Lipinski definition) is 4. The summed E-state index contributed by atoms with van der Waals surface area (Å²) >= 11 is 5.90. The molecule has 0 spiro atoms. The maximum Gasteiger partial charge on any atom is 0.187 e. The van der Waals surface area contributed by atoms with Crippen molar-refractivity contribution in [3.63, 3.8) is 0 Å². The van der Waals surface area contributed by atoms with Gasteiger partial charge in [0.25, 0.3) is 0 Å². The molecule has 0 saturated carbocycles. The van der Waals surface area contributed by atoms with Gasteiger partial charge in [-0.15, -0.1) is 0 Å². The number of phenolic OH excluding ortho intramolecular Hbond substituents is 1. The lowest BCUT2D eigenvalue weighted by atomic mass is 9.83. The molecule has 4 nitrogen and oxygen atoms in total. The first kappa shape index (κ1) is 20.0. The molecule has 3 N–H and O–H groups in total. The second kappa shape index (κ2) is 7.72. The molecule has 0 radical (unpaired) electrons. The number of benzene rings is 2. The van der Waals surface area contributed by atoms with Crippen LogP contribution in [-0.2, 0) is 5.60 Å². The minimum absolute atomic E-state index is 0.0637. The fraction of sp³-hybridized carbons (Fsp3) is 0.400. The average molecular weight is 398 g/mol. The smallest absolute Gasteiger partial charge is 0.187 e. The van der Waals surface area contributed by atoms with Gasteiger partial charge in [0.2, 0.25) is 0 Å². The van der Waals surface area contributed by atoms with Crippen LogP contribution < -0.4 is 0 Å². The van der Waals surface area contributed by atoms with Crippen molar-refractivity contribution in [3.8, 4) is 5.75 Å². The Bertz CT molecular complexity index is 784. The van der Waals surface area contributed by atoms with Crippen LogP contribution in [0.5, 0.6) is 5.75 Å². The van der Waals surface area contributed by atoms with E-state index in [1.165, 1.54) is 0 Å². The molecule has 1 aliphatic rings. The first-order valence-electron chi connectivity index (χ1n) is 8.80. The van der Waals surface area contributed by atoms with Crippen LogP contribution in [-0.4, -0.2) is 39.4 Å². The summed E-state index contributed by atoms with van der Waals surface area (Å²) < 4.78 is 27.1. The van der Waals surface area contributed by atoms with Crippen LogP contribution >= 0.6 is 11.6 Å². The fourth-order valence-electron chi connectivity index (χ4n) is 3.58. The number of aliphatic hydroxyl groups excluding tert-OH is 1. The Labute approximate surface area is 161 Å². The van der Waals surface area contributed by atoms with E-state index in [0.29, 0.717) is 31.0 Å². The van der Waals surface area contributed by atoms with E-state index in [2.05, 4.69) is 0 Å². The van der Waals surface area contributed by atoms with Crippen molar-refractivity contribution >= 4 is 11.6 Å². The maximum atomic E-state index is 13.6. The summed E-state index contributed by atoms with van der Waals surface area (Å²) in [4.78, 5) is 1.97. The molecule has 2 aromatic rings. The molecule has 0 amide bonds. The highest BCUT2D eigenvalue weighted by Crippen LogP contribution is 2.36. The maximum absolute atomic E-state index is 13.6. The molecule has 1 fully saturated rings. The van der Waals surface area contributed by atoms with Gasteiger partial charge in [-0.05, 0) is 55.2 Å². The van der Waals surface area contributed by atoms with Crippen molar-refractivity contribution in [2.75, 3.05) is 13.1 Å². The van der Waals surface area contributed by atoms with E-state index >= 15 is 0 Å². The van der Waals surface area contributed by atoms with Crippen molar-refractivity contribution in [2.45, 2.75) is 37.5 Å². The van der Waals surface area contributed by atoms with Gasteiger partial charge in [0.1, 0.15) is 0 Å². The topological polar surface area (TPSA) is 63.9 Å². The predicted molar refractivity (Wildman–Crippen MR) is 98.6 cm³/mol. The summed E-state index contributed by atoms with van der Waals surface area (Å²) in [6.07, 6.45) is -0.204. The summed E-state index contributed by atoms with van der Waals surface area (Å²) in [6.45, 7) is 2.79. The molecule has 0 bridgehead atoms. The Balaban J connectivity index is 1.69. The monoisotopic (exact) mass is 397 g/mol. The number of halogens is 3. The van der Waals surface area contributed by atoms with Gasteiger partial charge in [-0.25, -0.2) is 8.78 Å². The van der Waals surface area contributed by atoms with Gasteiger partial charge in [-0.1, -0.05) is 23.7 Å². The molecule has 146 valence electrons. The second-order valence-corrected chi connectivity index (χ2v) is 7.53. The third-order valence-corrected chi connectivity index (χ3v) is 5.67. The molecule has 2 aromatic carbocycles. The zero-order valence-electron chi connectivity index (χ0n) is 14.9. The fourth-order valence-corrected chi connectivity index (χ4v) is 3.71. The normalized spacial score (nSPS) is 19.6.